The van der Waals surface area contributed by atoms with Crippen LogP contribution in [0.25, 0.3) is 0 Å². The fraction of sp³-hybridized carbons (Fsp3) is 0.400. The number of halogens is 1. The third kappa shape index (κ3) is 2.04. The van der Waals surface area contributed by atoms with Crippen LogP contribution in [0.2, 0.25) is 0 Å². The Bertz CT molecular complexity index is 501. The summed E-state index contributed by atoms with van der Waals surface area (Å²) in [5.74, 6) is 0.872. The second kappa shape index (κ2) is 4.25. The zero-order chi connectivity index (χ0) is 11.8. The van der Waals surface area contributed by atoms with Crippen LogP contribution < -0.4 is 9.04 Å². The third-order valence-electron chi connectivity index (χ3n) is 2.52. The van der Waals surface area contributed by atoms with Crippen molar-refractivity contribution < 1.29 is 13.2 Å². The number of hydrogen-bond donors (Lipinski definition) is 0. The SMILES string of the molecule is COc1ccc(Br)c(N2CCCS2(=O)=O)c1. The van der Waals surface area contributed by atoms with E-state index in [2.05, 4.69) is 15.9 Å². The molecule has 2 rings (SSSR count). The molecule has 1 fully saturated rings. The van der Waals surface area contributed by atoms with Gasteiger partial charge in [-0.1, -0.05) is 0 Å². The van der Waals surface area contributed by atoms with Crippen LogP contribution in [0.5, 0.6) is 5.75 Å². The van der Waals surface area contributed by atoms with E-state index in [0.29, 0.717) is 24.4 Å². The number of anilines is 1. The molecule has 16 heavy (non-hydrogen) atoms. The molecule has 0 atom stereocenters. The van der Waals surface area contributed by atoms with E-state index in [1.165, 1.54) is 4.31 Å². The zero-order valence-corrected chi connectivity index (χ0v) is 11.2. The van der Waals surface area contributed by atoms with E-state index in [4.69, 9.17) is 4.74 Å². The van der Waals surface area contributed by atoms with Gasteiger partial charge in [0.25, 0.3) is 0 Å². The fourth-order valence-corrected chi connectivity index (χ4v) is 3.87. The van der Waals surface area contributed by atoms with E-state index in [9.17, 15) is 8.42 Å². The predicted octanol–water partition coefficient (Wildman–Crippen LogP) is 2.00. The topological polar surface area (TPSA) is 46.6 Å². The van der Waals surface area contributed by atoms with Crippen molar-refractivity contribution in [2.45, 2.75) is 6.42 Å². The van der Waals surface area contributed by atoms with Crippen LogP contribution in [-0.2, 0) is 10.0 Å². The van der Waals surface area contributed by atoms with E-state index in [1.54, 1.807) is 25.3 Å². The molecule has 0 aliphatic carbocycles. The van der Waals surface area contributed by atoms with Crippen molar-refractivity contribution in [3.8, 4) is 5.75 Å². The average molecular weight is 306 g/mol. The van der Waals surface area contributed by atoms with Crippen molar-refractivity contribution in [2.75, 3.05) is 23.7 Å². The maximum absolute atomic E-state index is 11.8. The summed E-state index contributed by atoms with van der Waals surface area (Å²) in [5, 5.41) is 0. The second-order valence-electron chi connectivity index (χ2n) is 3.56. The molecule has 0 radical (unpaired) electrons. The standard InChI is InChI=1S/C10H12BrNO3S/c1-15-8-3-4-9(11)10(7-8)12-5-2-6-16(12,13)14/h3-4,7H,2,5-6H2,1H3. The molecule has 1 aliphatic heterocycles. The van der Waals surface area contributed by atoms with Crippen LogP contribution >= 0.6 is 15.9 Å². The van der Waals surface area contributed by atoms with Gasteiger partial charge in [-0.15, -0.1) is 0 Å². The van der Waals surface area contributed by atoms with E-state index >= 15 is 0 Å². The summed E-state index contributed by atoms with van der Waals surface area (Å²) in [6.07, 6.45) is 0.673. The predicted molar refractivity (Wildman–Crippen MR) is 66.4 cm³/mol. The monoisotopic (exact) mass is 305 g/mol. The number of rotatable bonds is 2. The van der Waals surface area contributed by atoms with Crippen molar-refractivity contribution in [2.24, 2.45) is 0 Å². The first kappa shape index (κ1) is 11.7. The average Bonchev–Trinajstić information content (AvgIpc) is 2.59. The van der Waals surface area contributed by atoms with Gasteiger partial charge in [0.15, 0.2) is 0 Å². The number of hydrogen-bond acceptors (Lipinski definition) is 3. The molecule has 0 aromatic heterocycles. The molecule has 88 valence electrons. The Morgan fingerprint density at radius 1 is 1.44 bits per heavy atom. The minimum Gasteiger partial charge on any atom is -0.497 e. The molecule has 0 unspecified atom stereocenters. The molecule has 1 aromatic carbocycles. The molecule has 0 amide bonds. The highest BCUT2D eigenvalue weighted by Gasteiger charge is 2.29. The van der Waals surface area contributed by atoms with Crippen LogP contribution in [0.4, 0.5) is 5.69 Å². The Hall–Kier alpha value is -0.750. The number of benzene rings is 1. The molecule has 1 aromatic rings. The van der Waals surface area contributed by atoms with Gasteiger partial charge < -0.3 is 4.74 Å². The van der Waals surface area contributed by atoms with Gasteiger partial charge in [-0.05, 0) is 34.5 Å². The van der Waals surface area contributed by atoms with Gasteiger partial charge in [-0.2, -0.15) is 0 Å². The van der Waals surface area contributed by atoms with Gasteiger partial charge in [0.05, 0.1) is 18.6 Å². The van der Waals surface area contributed by atoms with Crippen LogP contribution in [-0.4, -0.2) is 27.8 Å². The second-order valence-corrected chi connectivity index (χ2v) is 6.43. The lowest BCUT2D eigenvalue weighted by molar-refractivity contribution is 0.415. The lowest BCUT2D eigenvalue weighted by Gasteiger charge is -2.19. The molecule has 1 saturated heterocycles. The lowest BCUT2D eigenvalue weighted by Crippen LogP contribution is -2.25. The van der Waals surface area contributed by atoms with Crippen molar-refractivity contribution in [1.29, 1.82) is 0 Å². The quantitative estimate of drug-likeness (QED) is 0.839. The van der Waals surface area contributed by atoms with E-state index in [0.717, 1.165) is 4.47 Å². The van der Waals surface area contributed by atoms with Gasteiger partial charge in [0, 0.05) is 17.1 Å². The van der Waals surface area contributed by atoms with Crippen molar-refractivity contribution >= 4 is 31.6 Å². The van der Waals surface area contributed by atoms with Crippen LogP contribution in [0.15, 0.2) is 22.7 Å². The molecule has 1 aliphatic rings. The summed E-state index contributed by atoms with van der Waals surface area (Å²) < 4.78 is 30.8. The first-order valence-electron chi connectivity index (χ1n) is 4.88. The fourth-order valence-electron chi connectivity index (χ4n) is 1.72. The summed E-state index contributed by atoms with van der Waals surface area (Å²) in [7, 11) is -1.58. The molecule has 4 nitrogen and oxygen atoms in total. The Kier molecular flexibility index (Phi) is 3.12. The number of sulfonamides is 1. The van der Waals surface area contributed by atoms with Gasteiger partial charge in [0.1, 0.15) is 5.75 Å². The van der Waals surface area contributed by atoms with Gasteiger partial charge in [0.2, 0.25) is 10.0 Å². The highest BCUT2D eigenvalue weighted by atomic mass is 79.9. The Morgan fingerprint density at radius 2 is 2.19 bits per heavy atom. The van der Waals surface area contributed by atoms with E-state index in [1.807, 2.05) is 0 Å². The largest absolute Gasteiger partial charge is 0.497 e. The molecule has 6 heteroatoms. The van der Waals surface area contributed by atoms with Gasteiger partial charge >= 0.3 is 0 Å². The van der Waals surface area contributed by atoms with E-state index < -0.39 is 10.0 Å². The number of nitrogens with zero attached hydrogens (tertiary/aromatic N) is 1. The first-order valence-corrected chi connectivity index (χ1v) is 7.29. The molecule has 1 heterocycles. The number of methoxy groups -OCH3 is 1. The summed E-state index contributed by atoms with van der Waals surface area (Å²) >= 11 is 3.36. The molecule has 0 bridgehead atoms. The minimum absolute atomic E-state index is 0.219. The van der Waals surface area contributed by atoms with E-state index in [-0.39, 0.29) is 5.75 Å². The lowest BCUT2D eigenvalue weighted by atomic mass is 10.3. The first-order chi connectivity index (χ1) is 7.54. The maximum atomic E-state index is 11.8. The van der Waals surface area contributed by atoms with Crippen LogP contribution in [0.3, 0.4) is 0 Å². The summed E-state index contributed by atoms with van der Waals surface area (Å²) in [5.41, 5.74) is 0.650. The molecule has 0 saturated carbocycles. The Labute approximate surface area is 103 Å². The van der Waals surface area contributed by atoms with Crippen LogP contribution in [0.1, 0.15) is 6.42 Å². The minimum atomic E-state index is -3.14. The van der Waals surface area contributed by atoms with Gasteiger partial charge in [-0.3, -0.25) is 4.31 Å². The molecular weight excluding hydrogens is 294 g/mol. The number of ether oxygens (including phenoxy) is 1. The third-order valence-corrected chi connectivity index (χ3v) is 5.05. The van der Waals surface area contributed by atoms with Gasteiger partial charge in [-0.25, -0.2) is 8.42 Å². The summed E-state index contributed by atoms with van der Waals surface area (Å²) in [4.78, 5) is 0. The normalized spacial score (nSPS) is 18.8. The summed E-state index contributed by atoms with van der Waals surface area (Å²) in [6, 6.07) is 5.31. The van der Waals surface area contributed by atoms with Crippen molar-refractivity contribution in [1.82, 2.24) is 0 Å². The Morgan fingerprint density at radius 3 is 2.75 bits per heavy atom. The smallest absolute Gasteiger partial charge is 0.235 e. The molecule has 0 spiro atoms. The maximum Gasteiger partial charge on any atom is 0.235 e. The highest BCUT2D eigenvalue weighted by molar-refractivity contribution is 9.10. The Balaban J connectivity index is 2.47. The summed E-state index contributed by atoms with van der Waals surface area (Å²) in [6.45, 7) is 0.536. The zero-order valence-electron chi connectivity index (χ0n) is 8.81. The van der Waals surface area contributed by atoms with Crippen molar-refractivity contribution in [3.63, 3.8) is 0 Å². The highest BCUT2D eigenvalue weighted by Crippen LogP contribution is 2.34. The molecule has 0 N–H and O–H groups in total. The van der Waals surface area contributed by atoms with Crippen molar-refractivity contribution in [3.05, 3.63) is 22.7 Å². The van der Waals surface area contributed by atoms with Crippen LogP contribution in [0, 0.1) is 0 Å². The molecular formula is C10H12BrNO3S.